The highest BCUT2D eigenvalue weighted by Crippen LogP contribution is 2.47. The monoisotopic (exact) mass is 372 g/mol. The molecule has 2 aromatic heterocycles. The van der Waals surface area contributed by atoms with Gasteiger partial charge in [-0.1, -0.05) is 19.4 Å². The summed E-state index contributed by atoms with van der Waals surface area (Å²) in [6.07, 6.45) is 12.0. The third-order valence-corrected chi connectivity index (χ3v) is 7.32. The standard InChI is InChI=1S/C21H28N2O2S/c1-3-13-5-8-16(9-6-13)25-20-19-18-14(11-15(24)4-2)7-10-17(18)26-21(19)23-12-22-20/h4,12-16,24H,2-3,5-11H2,1H3. The lowest BCUT2D eigenvalue weighted by molar-refractivity contribution is 0.126. The quantitative estimate of drug-likeness (QED) is 0.725. The van der Waals surface area contributed by atoms with Crippen LogP contribution in [0.15, 0.2) is 19.0 Å². The smallest absolute Gasteiger partial charge is 0.225 e. The van der Waals surface area contributed by atoms with Crippen LogP contribution >= 0.6 is 11.3 Å². The summed E-state index contributed by atoms with van der Waals surface area (Å²) in [6, 6.07) is 0. The minimum absolute atomic E-state index is 0.269. The highest BCUT2D eigenvalue weighted by Gasteiger charge is 2.32. The Morgan fingerprint density at radius 3 is 2.85 bits per heavy atom. The van der Waals surface area contributed by atoms with Gasteiger partial charge in [0.2, 0.25) is 5.88 Å². The van der Waals surface area contributed by atoms with Gasteiger partial charge in [0.1, 0.15) is 17.3 Å². The zero-order valence-corrected chi connectivity index (χ0v) is 16.3. The SMILES string of the molecule is C=CC(O)CC1CCc2sc3ncnc(OC4CCC(CC)CC4)c3c21. The number of rotatable bonds is 6. The second kappa shape index (κ2) is 7.65. The van der Waals surface area contributed by atoms with Crippen molar-refractivity contribution in [1.29, 1.82) is 0 Å². The number of hydrogen-bond acceptors (Lipinski definition) is 5. The van der Waals surface area contributed by atoms with Gasteiger partial charge in [0.05, 0.1) is 11.5 Å². The molecule has 0 spiro atoms. The number of aliphatic hydroxyl groups excluding tert-OH is 1. The van der Waals surface area contributed by atoms with E-state index in [1.807, 2.05) is 0 Å². The van der Waals surface area contributed by atoms with Crippen LogP contribution in [0.3, 0.4) is 0 Å². The zero-order chi connectivity index (χ0) is 18.1. The van der Waals surface area contributed by atoms with E-state index in [-0.39, 0.29) is 6.10 Å². The maximum absolute atomic E-state index is 10.1. The van der Waals surface area contributed by atoms with E-state index in [0.29, 0.717) is 5.92 Å². The van der Waals surface area contributed by atoms with Gasteiger partial charge in [-0.05, 0) is 62.3 Å². The number of aryl methyl sites for hydroxylation is 1. The summed E-state index contributed by atoms with van der Waals surface area (Å²) in [5, 5.41) is 11.2. The lowest BCUT2D eigenvalue weighted by Crippen LogP contribution is -2.24. The van der Waals surface area contributed by atoms with Gasteiger partial charge in [-0.25, -0.2) is 9.97 Å². The summed E-state index contributed by atoms with van der Waals surface area (Å²) in [5.41, 5.74) is 1.32. The van der Waals surface area contributed by atoms with Crippen molar-refractivity contribution in [3.63, 3.8) is 0 Å². The highest BCUT2D eigenvalue weighted by atomic mass is 32.1. The van der Waals surface area contributed by atoms with E-state index < -0.39 is 6.10 Å². The first kappa shape index (κ1) is 17.9. The summed E-state index contributed by atoms with van der Waals surface area (Å²) in [6.45, 7) is 6.00. The first-order valence-corrected chi connectivity index (χ1v) is 10.7. The third kappa shape index (κ3) is 3.39. The van der Waals surface area contributed by atoms with Crippen molar-refractivity contribution in [2.45, 2.75) is 76.4 Å². The lowest BCUT2D eigenvalue weighted by Gasteiger charge is -2.28. The van der Waals surface area contributed by atoms with Crippen molar-refractivity contribution < 1.29 is 9.84 Å². The van der Waals surface area contributed by atoms with Crippen LogP contribution in [0.1, 0.15) is 68.2 Å². The van der Waals surface area contributed by atoms with E-state index in [9.17, 15) is 5.11 Å². The second-order valence-electron chi connectivity index (χ2n) is 7.74. The summed E-state index contributed by atoms with van der Waals surface area (Å²) in [5.74, 6) is 1.96. The van der Waals surface area contributed by atoms with Gasteiger partial charge in [0, 0.05) is 4.88 Å². The molecule has 0 saturated heterocycles. The van der Waals surface area contributed by atoms with Gasteiger partial charge in [0.25, 0.3) is 0 Å². The van der Waals surface area contributed by atoms with Crippen molar-refractivity contribution in [1.82, 2.24) is 9.97 Å². The average molecular weight is 373 g/mol. The molecule has 2 aliphatic rings. The van der Waals surface area contributed by atoms with Crippen molar-refractivity contribution in [3.8, 4) is 5.88 Å². The molecule has 1 saturated carbocycles. The van der Waals surface area contributed by atoms with Crippen LogP contribution in [0.4, 0.5) is 0 Å². The van der Waals surface area contributed by atoms with E-state index in [1.54, 1.807) is 23.7 Å². The Hall–Kier alpha value is -1.46. The predicted molar refractivity (Wildman–Crippen MR) is 106 cm³/mol. The largest absolute Gasteiger partial charge is 0.474 e. The second-order valence-corrected chi connectivity index (χ2v) is 8.82. The average Bonchev–Trinajstić information content (AvgIpc) is 3.22. The summed E-state index contributed by atoms with van der Waals surface area (Å²) in [4.78, 5) is 11.4. The molecule has 5 heteroatoms. The molecule has 0 aliphatic heterocycles. The summed E-state index contributed by atoms with van der Waals surface area (Å²) in [7, 11) is 0. The van der Waals surface area contributed by atoms with Crippen LogP contribution in [0.5, 0.6) is 5.88 Å². The van der Waals surface area contributed by atoms with Gasteiger partial charge in [-0.3, -0.25) is 0 Å². The van der Waals surface area contributed by atoms with Gasteiger partial charge in [0.15, 0.2) is 0 Å². The van der Waals surface area contributed by atoms with Crippen LogP contribution in [-0.2, 0) is 6.42 Å². The van der Waals surface area contributed by atoms with Crippen LogP contribution in [-0.4, -0.2) is 27.3 Å². The molecule has 2 unspecified atom stereocenters. The van der Waals surface area contributed by atoms with E-state index in [1.165, 1.54) is 29.7 Å². The van der Waals surface area contributed by atoms with Crippen LogP contribution in [0.2, 0.25) is 0 Å². The van der Waals surface area contributed by atoms with Crippen molar-refractivity contribution in [3.05, 3.63) is 29.4 Å². The number of ether oxygens (including phenoxy) is 1. The Morgan fingerprint density at radius 2 is 2.12 bits per heavy atom. The number of thiophene rings is 1. The van der Waals surface area contributed by atoms with Gasteiger partial charge >= 0.3 is 0 Å². The fourth-order valence-corrected chi connectivity index (χ4v) is 5.80. The van der Waals surface area contributed by atoms with Crippen molar-refractivity contribution in [2.75, 3.05) is 0 Å². The van der Waals surface area contributed by atoms with E-state index >= 15 is 0 Å². The maximum Gasteiger partial charge on any atom is 0.225 e. The van der Waals surface area contributed by atoms with Gasteiger partial charge in [-0.2, -0.15) is 0 Å². The Morgan fingerprint density at radius 1 is 1.31 bits per heavy atom. The molecular formula is C21H28N2O2S. The van der Waals surface area contributed by atoms with Crippen LogP contribution in [0.25, 0.3) is 10.2 Å². The first-order chi connectivity index (χ1) is 12.7. The molecule has 2 heterocycles. The van der Waals surface area contributed by atoms with E-state index in [4.69, 9.17) is 4.74 Å². The molecule has 2 aliphatic carbocycles. The molecule has 0 radical (unpaired) electrons. The van der Waals surface area contributed by atoms with Crippen molar-refractivity contribution in [2.24, 2.45) is 5.92 Å². The Balaban J connectivity index is 1.61. The predicted octanol–water partition coefficient (Wildman–Crippen LogP) is 5.01. The molecule has 4 rings (SSSR count). The molecule has 0 amide bonds. The van der Waals surface area contributed by atoms with Crippen molar-refractivity contribution >= 4 is 21.6 Å². The van der Waals surface area contributed by atoms with Gasteiger partial charge < -0.3 is 9.84 Å². The first-order valence-electron chi connectivity index (χ1n) is 9.93. The minimum atomic E-state index is -0.459. The Labute approximate surface area is 159 Å². The number of aliphatic hydroxyl groups is 1. The molecule has 2 aromatic rings. The van der Waals surface area contributed by atoms with E-state index in [2.05, 4.69) is 23.5 Å². The molecule has 140 valence electrons. The molecule has 0 aromatic carbocycles. The van der Waals surface area contributed by atoms with Gasteiger partial charge in [-0.15, -0.1) is 17.9 Å². The molecule has 2 atom stereocenters. The highest BCUT2D eigenvalue weighted by molar-refractivity contribution is 7.19. The Bertz CT molecular complexity index is 780. The van der Waals surface area contributed by atoms with E-state index in [0.717, 1.165) is 54.1 Å². The molecular weight excluding hydrogens is 344 g/mol. The van der Waals surface area contributed by atoms with Crippen LogP contribution < -0.4 is 4.74 Å². The maximum atomic E-state index is 10.1. The summed E-state index contributed by atoms with van der Waals surface area (Å²) >= 11 is 1.77. The zero-order valence-electron chi connectivity index (χ0n) is 15.5. The molecule has 4 nitrogen and oxygen atoms in total. The third-order valence-electron chi connectivity index (χ3n) is 6.14. The molecule has 1 N–H and O–H groups in total. The molecule has 0 bridgehead atoms. The normalized spacial score (nSPS) is 26.6. The fourth-order valence-electron chi connectivity index (χ4n) is 4.57. The summed E-state index contributed by atoms with van der Waals surface area (Å²) < 4.78 is 6.40. The number of hydrogen-bond donors (Lipinski definition) is 1. The number of fused-ring (bicyclic) bond motifs is 3. The lowest BCUT2D eigenvalue weighted by atomic mass is 9.86. The molecule has 1 fully saturated rings. The molecule has 26 heavy (non-hydrogen) atoms. The Kier molecular flexibility index (Phi) is 5.28. The number of aromatic nitrogens is 2. The number of nitrogens with zero attached hydrogens (tertiary/aromatic N) is 2. The fraction of sp³-hybridized carbons (Fsp3) is 0.619. The van der Waals surface area contributed by atoms with Crippen LogP contribution in [0, 0.1) is 5.92 Å². The topological polar surface area (TPSA) is 55.2 Å². The minimum Gasteiger partial charge on any atom is -0.474 e.